The van der Waals surface area contributed by atoms with Crippen LogP contribution in [0, 0.1) is 0 Å². The molecule has 1 aromatic heterocycles. The van der Waals surface area contributed by atoms with E-state index in [1.165, 1.54) is 11.8 Å². The number of ether oxygens (including phenoxy) is 1. The summed E-state index contributed by atoms with van der Waals surface area (Å²) >= 11 is 18.9. The van der Waals surface area contributed by atoms with Crippen LogP contribution in [0.15, 0.2) is 39.7 Å². The van der Waals surface area contributed by atoms with Gasteiger partial charge in [0.15, 0.2) is 0 Å². The minimum absolute atomic E-state index is 0.107. The Morgan fingerprint density at radius 1 is 1.18 bits per heavy atom. The number of morpholine rings is 1. The number of amides is 1. The molecular formula is C19H16Cl2N2O3S2. The Hall–Kier alpha value is -1.35. The first-order valence-electron chi connectivity index (χ1n) is 8.62. The number of furan rings is 1. The second-order valence-electron chi connectivity index (χ2n) is 6.31. The summed E-state index contributed by atoms with van der Waals surface area (Å²) in [5.41, 5.74) is 0.741. The Balaban J connectivity index is 1.50. The maximum atomic E-state index is 12.8. The van der Waals surface area contributed by atoms with Gasteiger partial charge >= 0.3 is 0 Å². The third kappa shape index (κ3) is 4.30. The summed E-state index contributed by atoms with van der Waals surface area (Å²) in [5.74, 6) is 1.06. The van der Waals surface area contributed by atoms with E-state index in [1.807, 2.05) is 6.07 Å². The molecule has 2 saturated heterocycles. The van der Waals surface area contributed by atoms with E-state index in [2.05, 4.69) is 4.90 Å². The number of hydrogen-bond acceptors (Lipinski definition) is 6. The molecule has 2 aliphatic rings. The van der Waals surface area contributed by atoms with Gasteiger partial charge in [-0.25, -0.2) is 0 Å². The number of thiocarbonyl (C=S) groups is 1. The van der Waals surface area contributed by atoms with Crippen LogP contribution >= 0.6 is 47.2 Å². The number of benzene rings is 1. The highest BCUT2D eigenvalue weighted by Gasteiger charge is 2.33. The molecule has 0 unspecified atom stereocenters. The average molecular weight is 455 g/mol. The first-order chi connectivity index (χ1) is 13.5. The summed E-state index contributed by atoms with van der Waals surface area (Å²) in [7, 11) is 0. The SMILES string of the molecule is O=C1C(=Cc2ccc(-c3ccc(Cl)cc3Cl)o2)SC(=S)N1CN1CCOCC1. The summed E-state index contributed by atoms with van der Waals surface area (Å²) in [6.45, 7) is 3.41. The summed E-state index contributed by atoms with van der Waals surface area (Å²) < 4.78 is 11.8. The molecule has 0 saturated carbocycles. The summed E-state index contributed by atoms with van der Waals surface area (Å²) in [5, 5.41) is 1.06. The molecule has 1 aromatic carbocycles. The molecule has 146 valence electrons. The predicted molar refractivity (Wildman–Crippen MR) is 116 cm³/mol. The van der Waals surface area contributed by atoms with Crippen LogP contribution in [0.25, 0.3) is 17.4 Å². The van der Waals surface area contributed by atoms with E-state index >= 15 is 0 Å². The van der Waals surface area contributed by atoms with Crippen LogP contribution in [0.3, 0.4) is 0 Å². The van der Waals surface area contributed by atoms with Crippen LogP contribution in [0.1, 0.15) is 5.76 Å². The van der Waals surface area contributed by atoms with Gasteiger partial charge in [-0.2, -0.15) is 0 Å². The average Bonchev–Trinajstić information content (AvgIpc) is 3.23. The molecule has 0 aliphatic carbocycles. The summed E-state index contributed by atoms with van der Waals surface area (Å²) in [6, 6.07) is 8.83. The van der Waals surface area contributed by atoms with E-state index in [4.69, 9.17) is 44.6 Å². The highest BCUT2D eigenvalue weighted by molar-refractivity contribution is 8.26. The van der Waals surface area contributed by atoms with Crippen LogP contribution in [0.2, 0.25) is 10.0 Å². The third-order valence-electron chi connectivity index (χ3n) is 4.42. The highest BCUT2D eigenvalue weighted by Crippen LogP contribution is 2.35. The van der Waals surface area contributed by atoms with E-state index in [0.29, 0.717) is 50.7 Å². The minimum Gasteiger partial charge on any atom is -0.457 e. The molecule has 2 fully saturated rings. The Morgan fingerprint density at radius 2 is 1.96 bits per heavy atom. The molecule has 3 heterocycles. The lowest BCUT2D eigenvalue weighted by atomic mass is 10.2. The smallest absolute Gasteiger partial charge is 0.267 e. The van der Waals surface area contributed by atoms with Gasteiger partial charge in [0.2, 0.25) is 0 Å². The molecule has 9 heteroatoms. The molecule has 0 bridgehead atoms. The first-order valence-corrected chi connectivity index (χ1v) is 10.6. The summed E-state index contributed by atoms with van der Waals surface area (Å²) in [4.78, 5) is 17.1. The lowest BCUT2D eigenvalue weighted by Crippen LogP contribution is -2.45. The van der Waals surface area contributed by atoms with Crippen molar-refractivity contribution in [3.8, 4) is 11.3 Å². The van der Waals surface area contributed by atoms with Gasteiger partial charge in [0, 0.05) is 29.8 Å². The van der Waals surface area contributed by atoms with Crippen LogP contribution in [-0.4, -0.2) is 53.0 Å². The van der Waals surface area contributed by atoms with Crippen LogP contribution in [-0.2, 0) is 9.53 Å². The lowest BCUT2D eigenvalue weighted by molar-refractivity contribution is -0.124. The van der Waals surface area contributed by atoms with Gasteiger partial charge in [0.1, 0.15) is 15.8 Å². The summed E-state index contributed by atoms with van der Waals surface area (Å²) in [6.07, 6.45) is 1.71. The number of halogens is 2. The minimum atomic E-state index is -0.107. The van der Waals surface area contributed by atoms with E-state index in [1.54, 1.807) is 35.2 Å². The normalized spacial score (nSPS) is 19.8. The second-order valence-corrected chi connectivity index (χ2v) is 8.83. The van der Waals surface area contributed by atoms with Gasteiger partial charge in [0.05, 0.1) is 29.8 Å². The number of nitrogens with zero attached hydrogens (tertiary/aromatic N) is 2. The van der Waals surface area contributed by atoms with Crippen LogP contribution in [0.4, 0.5) is 0 Å². The molecule has 2 aliphatic heterocycles. The molecule has 1 amide bonds. The zero-order chi connectivity index (χ0) is 19.7. The largest absolute Gasteiger partial charge is 0.457 e. The Morgan fingerprint density at radius 3 is 2.71 bits per heavy atom. The topological polar surface area (TPSA) is 45.9 Å². The van der Waals surface area contributed by atoms with Crippen molar-refractivity contribution in [2.45, 2.75) is 0 Å². The maximum absolute atomic E-state index is 12.8. The van der Waals surface area contributed by atoms with Crippen LogP contribution < -0.4 is 0 Å². The third-order valence-corrected chi connectivity index (χ3v) is 6.34. The van der Waals surface area contributed by atoms with Gasteiger partial charge in [-0.1, -0.05) is 47.2 Å². The fraction of sp³-hybridized carbons (Fsp3) is 0.263. The lowest BCUT2D eigenvalue weighted by Gasteiger charge is -2.29. The van der Waals surface area contributed by atoms with Crippen LogP contribution in [0.5, 0.6) is 0 Å². The van der Waals surface area contributed by atoms with E-state index in [9.17, 15) is 4.79 Å². The zero-order valence-corrected chi connectivity index (χ0v) is 17.8. The van der Waals surface area contributed by atoms with E-state index in [-0.39, 0.29) is 5.91 Å². The second kappa shape index (κ2) is 8.57. The molecule has 28 heavy (non-hydrogen) atoms. The first kappa shape index (κ1) is 19.9. The van der Waals surface area contributed by atoms with Gasteiger partial charge in [-0.05, 0) is 30.3 Å². The molecule has 0 atom stereocenters. The predicted octanol–water partition coefficient (Wildman–Crippen LogP) is 4.74. The molecular weight excluding hydrogens is 439 g/mol. The van der Waals surface area contributed by atoms with Crippen molar-refractivity contribution < 1.29 is 13.9 Å². The quantitative estimate of drug-likeness (QED) is 0.490. The van der Waals surface area contributed by atoms with Crippen molar-refractivity contribution >= 4 is 63.5 Å². The number of thioether (sulfide) groups is 1. The fourth-order valence-corrected chi connectivity index (χ4v) is 4.68. The number of rotatable bonds is 4. The Kier molecular flexibility index (Phi) is 6.10. The van der Waals surface area contributed by atoms with Crippen molar-refractivity contribution in [3.63, 3.8) is 0 Å². The molecule has 0 N–H and O–H groups in total. The van der Waals surface area contributed by atoms with Gasteiger partial charge in [-0.3, -0.25) is 14.6 Å². The number of carbonyl (C=O) groups excluding carboxylic acids is 1. The molecule has 2 aromatic rings. The zero-order valence-electron chi connectivity index (χ0n) is 14.7. The highest BCUT2D eigenvalue weighted by atomic mass is 35.5. The molecule has 5 nitrogen and oxygen atoms in total. The number of carbonyl (C=O) groups is 1. The van der Waals surface area contributed by atoms with Crippen molar-refractivity contribution in [1.82, 2.24) is 9.80 Å². The van der Waals surface area contributed by atoms with Crippen molar-refractivity contribution in [2.75, 3.05) is 33.0 Å². The fourth-order valence-electron chi connectivity index (χ4n) is 2.96. The van der Waals surface area contributed by atoms with Gasteiger partial charge < -0.3 is 9.15 Å². The van der Waals surface area contributed by atoms with E-state index < -0.39 is 0 Å². The molecule has 0 radical (unpaired) electrons. The maximum Gasteiger partial charge on any atom is 0.267 e. The monoisotopic (exact) mass is 454 g/mol. The van der Waals surface area contributed by atoms with Crippen molar-refractivity contribution in [3.05, 3.63) is 51.0 Å². The Bertz CT molecular complexity index is 954. The van der Waals surface area contributed by atoms with Gasteiger partial charge in [0.25, 0.3) is 5.91 Å². The standard InChI is InChI=1S/C19H16Cl2N2O3S2/c20-12-1-3-14(15(21)9-12)16-4-2-13(26-16)10-17-18(24)23(19(27)28-17)11-22-5-7-25-8-6-22/h1-4,9-10H,5-8,11H2. The molecule has 0 spiro atoms. The van der Waals surface area contributed by atoms with E-state index in [0.717, 1.165) is 18.7 Å². The molecule has 4 rings (SSSR count). The number of hydrogen-bond donors (Lipinski definition) is 0. The Labute approximate surface area is 182 Å². The van der Waals surface area contributed by atoms with Crippen molar-refractivity contribution in [1.29, 1.82) is 0 Å². The van der Waals surface area contributed by atoms with Gasteiger partial charge in [-0.15, -0.1) is 0 Å². The van der Waals surface area contributed by atoms with Crippen molar-refractivity contribution in [2.24, 2.45) is 0 Å².